The standard InChI is InChI=1S/C11H27ClN3OS/c1-11(2,13-12)7-10-17(16)14(3)8-9-15(4,5)6/h13H,7-10H2,1-6H3/q+1. The highest BCUT2D eigenvalue weighted by Crippen LogP contribution is 2.10. The van der Waals surface area contributed by atoms with Gasteiger partial charge in [-0.25, -0.2) is 13.3 Å². The lowest BCUT2D eigenvalue weighted by Crippen LogP contribution is -2.42. The molecule has 0 aliphatic heterocycles. The molecular formula is C11H27ClN3OS+. The van der Waals surface area contributed by atoms with E-state index in [1.54, 1.807) is 0 Å². The number of likely N-dealkylation sites (N-methyl/N-ethyl adjacent to an activating group) is 2. The molecule has 6 heteroatoms. The van der Waals surface area contributed by atoms with Crippen molar-refractivity contribution in [2.24, 2.45) is 0 Å². The van der Waals surface area contributed by atoms with Crippen LogP contribution in [0.25, 0.3) is 0 Å². The van der Waals surface area contributed by atoms with E-state index >= 15 is 0 Å². The molecule has 0 aliphatic rings. The van der Waals surface area contributed by atoms with Crippen molar-refractivity contribution in [3.05, 3.63) is 0 Å². The first-order chi connectivity index (χ1) is 7.57. The molecule has 1 N–H and O–H groups in total. The number of rotatable bonds is 8. The van der Waals surface area contributed by atoms with E-state index in [4.69, 9.17) is 11.8 Å². The van der Waals surface area contributed by atoms with Gasteiger partial charge in [0, 0.05) is 18.3 Å². The van der Waals surface area contributed by atoms with Crippen LogP contribution in [0.5, 0.6) is 0 Å². The van der Waals surface area contributed by atoms with Gasteiger partial charge in [0.1, 0.15) is 0 Å². The molecule has 0 aliphatic carbocycles. The van der Waals surface area contributed by atoms with Crippen molar-refractivity contribution in [1.82, 2.24) is 9.14 Å². The van der Waals surface area contributed by atoms with Gasteiger partial charge in [0.2, 0.25) is 0 Å². The second kappa shape index (κ2) is 7.04. The fourth-order valence-corrected chi connectivity index (χ4v) is 2.46. The Kier molecular flexibility index (Phi) is 7.18. The molecule has 0 rings (SSSR count). The van der Waals surface area contributed by atoms with Crippen molar-refractivity contribution in [3.8, 4) is 0 Å². The molecule has 0 amide bonds. The largest absolute Gasteiger partial charge is 0.330 e. The third-order valence-electron chi connectivity index (χ3n) is 2.59. The minimum atomic E-state index is -0.923. The number of nitrogens with zero attached hydrogens (tertiary/aromatic N) is 2. The first-order valence-corrected chi connectivity index (χ1v) is 7.51. The zero-order valence-electron chi connectivity index (χ0n) is 11.9. The van der Waals surface area contributed by atoms with Gasteiger partial charge in [0.25, 0.3) is 0 Å². The molecule has 0 bridgehead atoms. The molecule has 1 atom stereocenters. The summed E-state index contributed by atoms with van der Waals surface area (Å²) in [4.78, 5) is 2.71. The lowest BCUT2D eigenvalue weighted by Gasteiger charge is -2.27. The molecule has 0 saturated heterocycles. The summed E-state index contributed by atoms with van der Waals surface area (Å²) in [6.45, 7) is 5.83. The quantitative estimate of drug-likeness (QED) is 0.537. The Hall–Kier alpha value is 0.320. The summed E-state index contributed by atoms with van der Waals surface area (Å²) in [5.74, 6) is 0.639. The van der Waals surface area contributed by atoms with Gasteiger partial charge in [-0.15, -0.1) is 0 Å². The van der Waals surface area contributed by atoms with E-state index in [-0.39, 0.29) is 5.54 Å². The number of hydrogen-bond acceptors (Lipinski definition) is 2. The van der Waals surface area contributed by atoms with Crippen LogP contribution in [0.1, 0.15) is 20.3 Å². The molecule has 4 nitrogen and oxygen atoms in total. The topological polar surface area (TPSA) is 32.3 Å². The van der Waals surface area contributed by atoms with Gasteiger partial charge in [-0.1, -0.05) is 0 Å². The molecule has 0 aromatic heterocycles. The normalized spacial score (nSPS) is 15.3. The van der Waals surface area contributed by atoms with Crippen molar-refractivity contribution in [2.75, 3.05) is 47.0 Å². The van der Waals surface area contributed by atoms with Gasteiger partial charge in [0.15, 0.2) is 0 Å². The summed E-state index contributed by atoms with van der Waals surface area (Å²) in [6.07, 6.45) is 0.790. The second-order valence-corrected chi connectivity index (χ2v) is 7.98. The molecule has 0 heterocycles. The van der Waals surface area contributed by atoms with Gasteiger partial charge < -0.3 is 4.48 Å². The maximum atomic E-state index is 12.0. The maximum Gasteiger partial charge on any atom is 0.0942 e. The Morgan fingerprint density at radius 1 is 1.35 bits per heavy atom. The van der Waals surface area contributed by atoms with Crippen molar-refractivity contribution in [3.63, 3.8) is 0 Å². The Morgan fingerprint density at radius 3 is 2.29 bits per heavy atom. The second-order valence-electron chi connectivity index (χ2n) is 6.12. The van der Waals surface area contributed by atoms with E-state index in [1.807, 2.05) is 25.2 Å². The Balaban J connectivity index is 3.99. The van der Waals surface area contributed by atoms with Crippen LogP contribution in [0, 0.1) is 0 Å². The van der Waals surface area contributed by atoms with Crippen LogP contribution >= 0.6 is 11.8 Å². The van der Waals surface area contributed by atoms with E-state index in [0.717, 1.165) is 24.0 Å². The summed E-state index contributed by atoms with van der Waals surface area (Å²) >= 11 is 5.61. The third-order valence-corrected chi connectivity index (χ3v) is 4.53. The first-order valence-electron chi connectivity index (χ1n) is 5.85. The summed E-state index contributed by atoms with van der Waals surface area (Å²) in [7, 11) is 7.40. The zero-order valence-corrected chi connectivity index (χ0v) is 13.5. The van der Waals surface area contributed by atoms with Crippen molar-refractivity contribution < 1.29 is 8.69 Å². The minimum absolute atomic E-state index is 0.169. The van der Waals surface area contributed by atoms with Crippen LogP contribution in [0.4, 0.5) is 0 Å². The predicted octanol–water partition coefficient (Wildman–Crippen LogP) is 1.20. The monoisotopic (exact) mass is 284 g/mol. The summed E-state index contributed by atoms with van der Waals surface area (Å²) in [5.41, 5.74) is -0.169. The van der Waals surface area contributed by atoms with Crippen LogP contribution in [0.15, 0.2) is 0 Å². The number of halogens is 1. The van der Waals surface area contributed by atoms with Crippen LogP contribution in [0.2, 0.25) is 0 Å². The molecule has 0 aromatic rings. The minimum Gasteiger partial charge on any atom is -0.330 e. The zero-order chi connectivity index (χ0) is 13.7. The van der Waals surface area contributed by atoms with E-state index < -0.39 is 11.0 Å². The fourth-order valence-electron chi connectivity index (χ4n) is 1.09. The van der Waals surface area contributed by atoms with E-state index in [2.05, 4.69) is 26.0 Å². The van der Waals surface area contributed by atoms with Gasteiger partial charge in [-0.2, -0.15) is 0 Å². The lowest BCUT2D eigenvalue weighted by atomic mass is 10.0. The van der Waals surface area contributed by atoms with Gasteiger partial charge in [-0.05, 0) is 32.0 Å². The molecule has 1 unspecified atom stereocenters. The number of quaternary nitrogens is 1. The highest BCUT2D eigenvalue weighted by atomic mass is 35.5. The summed E-state index contributed by atoms with van der Waals surface area (Å²) < 4.78 is 14.8. The van der Waals surface area contributed by atoms with Gasteiger partial charge in [-0.3, -0.25) is 0 Å². The molecule has 17 heavy (non-hydrogen) atoms. The van der Waals surface area contributed by atoms with Crippen molar-refractivity contribution in [1.29, 1.82) is 0 Å². The van der Waals surface area contributed by atoms with Crippen LogP contribution in [0.3, 0.4) is 0 Å². The number of hydrogen-bond donors (Lipinski definition) is 1. The molecule has 0 radical (unpaired) electrons. The fraction of sp³-hybridized carbons (Fsp3) is 1.00. The molecule has 0 fully saturated rings. The predicted molar refractivity (Wildman–Crippen MR) is 76.2 cm³/mol. The molecule has 0 saturated carbocycles. The highest BCUT2D eigenvalue weighted by Gasteiger charge is 2.19. The molecule has 0 spiro atoms. The SMILES string of the molecule is CN(CC[N+](C)(C)C)S(=O)CCC(C)(C)NCl. The average Bonchev–Trinajstić information content (AvgIpc) is 2.21. The molecule has 104 valence electrons. The van der Waals surface area contributed by atoms with E-state index in [1.165, 1.54) is 0 Å². The average molecular weight is 285 g/mol. The molecule has 0 aromatic carbocycles. The Labute approximate surface area is 114 Å². The Morgan fingerprint density at radius 2 is 1.88 bits per heavy atom. The van der Waals surface area contributed by atoms with E-state index in [9.17, 15) is 4.21 Å². The van der Waals surface area contributed by atoms with Crippen molar-refractivity contribution >= 4 is 22.8 Å². The van der Waals surface area contributed by atoms with Crippen LogP contribution in [-0.4, -0.2) is 65.6 Å². The third kappa shape index (κ3) is 8.97. The van der Waals surface area contributed by atoms with Crippen LogP contribution < -0.4 is 4.84 Å². The summed E-state index contributed by atoms with van der Waals surface area (Å²) in [6, 6.07) is 0. The van der Waals surface area contributed by atoms with Gasteiger partial charge >= 0.3 is 0 Å². The first kappa shape index (κ1) is 17.3. The smallest absolute Gasteiger partial charge is 0.0942 e. The Bertz CT molecular complexity index is 254. The van der Waals surface area contributed by atoms with Crippen LogP contribution in [-0.2, 0) is 11.0 Å². The van der Waals surface area contributed by atoms with E-state index in [0.29, 0.717) is 5.75 Å². The lowest BCUT2D eigenvalue weighted by molar-refractivity contribution is -0.869. The molecular weight excluding hydrogens is 258 g/mol. The van der Waals surface area contributed by atoms with Crippen molar-refractivity contribution in [2.45, 2.75) is 25.8 Å². The summed E-state index contributed by atoms with van der Waals surface area (Å²) in [5, 5.41) is 0. The highest BCUT2D eigenvalue weighted by molar-refractivity contribution is 7.82. The van der Waals surface area contributed by atoms with Gasteiger partial charge in [0.05, 0.1) is 45.2 Å². The number of nitrogens with one attached hydrogen (secondary N) is 1. The maximum absolute atomic E-state index is 12.0.